The normalized spacial score (nSPS) is 11.7. The van der Waals surface area contributed by atoms with E-state index in [-0.39, 0.29) is 6.10 Å². The van der Waals surface area contributed by atoms with Crippen LogP contribution in [0.15, 0.2) is 0 Å². The van der Waals surface area contributed by atoms with E-state index in [1.54, 1.807) is 0 Å². The summed E-state index contributed by atoms with van der Waals surface area (Å²) in [6, 6.07) is 0. The maximum Gasteiger partial charge on any atom is 0.0703 e. The number of unbranched alkanes of at least 4 members (excludes halogenated alkanes) is 2. The molecule has 0 aliphatic carbocycles. The molecule has 12 heteroatoms. The molecule has 254 valence electrons. The predicted octanol–water partition coefficient (Wildman–Crippen LogP) is 2.78. The molecule has 0 N–H and O–H groups in total. The first-order chi connectivity index (χ1) is 20.8. The summed E-state index contributed by atoms with van der Waals surface area (Å²) in [4.78, 5) is 0. The zero-order valence-corrected chi connectivity index (χ0v) is 26.9. The highest BCUT2D eigenvalue weighted by molar-refractivity contribution is 4.40. The minimum absolute atomic E-state index is 0.234. The second kappa shape index (κ2) is 38.5. The minimum atomic E-state index is 0.234. The Morgan fingerprint density at radius 1 is 0.286 bits per heavy atom. The van der Waals surface area contributed by atoms with E-state index in [4.69, 9.17) is 56.8 Å². The molecule has 0 saturated heterocycles. The molecule has 0 radical (unpaired) electrons. The van der Waals surface area contributed by atoms with E-state index in [0.29, 0.717) is 145 Å². The monoisotopic (exact) mass is 614 g/mol. The fraction of sp³-hybridized carbons (Fsp3) is 1.00. The Morgan fingerprint density at radius 2 is 0.500 bits per heavy atom. The molecule has 0 heterocycles. The molecule has 42 heavy (non-hydrogen) atoms. The van der Waals surface area contributed by atoms with Crippen molar-refractivity contribution in [2.24, 2.45) is 0 Å². The molecule has 0 rings (SSSR count). The van der Waals surface area contributed by atoms with Gasteiger partial charge in [0.05, 0.1) is 151 Å². The molecule has 0 aromatic carbocycles. The molecule has 0 saturated carbocycles. The van der Waals surface area contributed by atoms with Gasteiger partial charge in [-0.1, -0.05) is 19.8 Å². The summed E-state index contributed by atoms with van der Waals surface area (Å²) in [6.45, 7) is 19.1. The van der Waals surface area contributed by atoms with Crippen molar-refractivity contribution < 1.29 is 56.8 Å². The van der Waals surface area contributed by atoms with Gasteiger partial charge < -0.3 is 56.8 Å². The molecule has 0 aliphatic rings. The first-order valence-electron chi connectivity index (χ1n) is 15.7. The summed E-state index contributed by atoms with van der Waals surface area (Å²) in [5.41, 5.74) is 0. The van der Waals surface area contributed by atoms with Crippen molar-refractivity contribution in [3.05, 3.63) is 0 Å². The van der Waals surface area contributed by atoms with Gasteiger partial charge >= 0.3 is 0 Å². The van der Waals surface area contributed by atoms with Crippen LogP contribution in [-0.4, -0.2) is 158 Å². The summed E-state index contributed by atoms with van der Waals surface area (Å²) in [7, 11) is 0. The number of hydrogen-bond donors (Lipinski definition) is 0. The molecule has 0 aromatic heterocycles. The molecule has 0 aliphatic heterocycles. The van der Waals surface area contributed by atoms with Gasteiger partial charge in [-0.3, -0.25) is 0 Å². The van der Waals surface area contributed by atoms with E-state index in [2.05, 4.69) is 6.92 Å². The fourth-order valence-electron chi connectivity index (χ4n) is 3.10. The molecule has 0 unspecified atom stereocenters. The molecule has 0 aromatic rings. The largest absolute Gasteiger partial charge is 0.379 e. The second-order valence-electron chi connectivity index (χ2n) is 9.36. The molecule has 0 atom stereocenters. The summed E-state index contributed by atoms with van der Waals surface area (Å²) in [5, 5.41) is 0. The van der Waals surface area contributed by atoms with Gasteiger partial charge in [-0.15, -0.1) is 0 Å². The Balaban J connectivity index is 3.03. The van der Waals surface area contributed by atoms with Crippen LogP contribution in [0.2, 0.25) is 0 Å². The third-order valence-electron chi connectivity index (χ3n) is 5.29. The smallest absolute Gasteiger partial charge is 0.0703 e. The Bertz CT molecular complexity index is 474. The first-order valence-corrected chi connectivity index (χ1v) is 15.7. The quantitative estimate of drug-likeness (QED) is 0.0954. The number of hydrogen-bond acceptors (Lipinski definition) is 12. The highest BCUT2D eigenvalue weighted by Crippen LogP contribution is 1.94. The Labute approximate surface area is 255 Å². The maximum absolute atomic E-state index is 5.48. The van der Waals surface area contributed by atoms with Crippen molar-refractivity contribution in [3.63, 3.8) is 0 Å². The maximum atomic E-state index is 5.48. The molecule has 0 spiro atoms. The van der Waals surface area contributed by atoms with E-state index in [9.17, 15) is 0 Å². The summed E-state index contributed by atoms with van der Waals surface area (Å²) >= 11 is 0. The molecule has 0 fully saturated rings. The third kappa shape index (κ3) is 39.5. The lowest BCUT2D eigenvalue weighted by Gasteiger charge is -2.09. The van der Waals surface area contributed by atoms with Crippen LogP contribution in [0.1, 0.15) is 40.0 Å². The van der Waals surface area contributed by atoms with Crippen molar-refractivity contribution in [2.75, 3.05) is 152 Å². The third-order valence-corrected chi connectivity index (χ3v) is 5.29. The summed E-state index contributed by atoms with van der Waals surface area (Å²) < 4.78 is 65.5. The Kier molecular flexibility index (Phi) is 38.1. The van der Waals surface area contributed by atoms with Crippen LogP contribution in [0.5, 0.6) is 0 Å². The van der Waals surface area contributed by atoms with Gasteiger partial charge in [-0.2, -0.15) is 0 Å². The van der Waals surface area contributed by atoms with Crippen LogP contribution >= 0.6 is 0 Å². The van der Waals surface area contributed by atoms with Crippen LogP contribution in [0, 0.1) is 0 Å². The first kappa shape index (κ1) is 41.5. The fourth-order valence-corrected chi connectivity index (χ4v) is 3.10. The lowest BCUT2D eigenvalue weighted by Crippen LogP contribution is -2.15. The van der Waals surface area contributed by atoms with Gasteiger partial charge in [0.15, 0.2) is 0 Å². The topological polar surface area (TPSA) is 111 Å². The zero-order valence-electron chi connectivity index (χ0n) is 26.9. The molecular formula is C30H62O12. The van der Waals surface area contributed by atoms with Gasteiger partial charge in [0.25, 0.3) is 0 Å². The SMILES string of the molecule is CCCCCOCCOCCOCCOCCOCCOCCOCCOCCOCCOCCOCCOC(C)C. The van der Waals surface area contributed by atoms with Crippen LogP contribution in [0.4, 0.5) is 0 Å². The van der Waals surface area contributed by atoms with Gasteiger partial charge in [-0.05, 0) is 20.3 Å². The molecular weight excluding hydrogens is 552 g/mol. The zero-order chi connectivity index (χ0) is 30.4. The Hall–Kier alpha value is -0.480. The van der Waals surface area contributed by atoms with Gasteiger partial charge in [0, 0.05) is 6.61 Å². The van der Waals surface area contributed by atoms with Crippen LogP contribution in [0.3, 0.4) is 0 Å². The average molecular weight is 615 g/mol. The second-order valence-corrected chi connectivity index (χ2v) is 9.36. The summed E-state index contributed by atoms with van der Waals surface area (Å²) in [6.07, 6.45) is 3.78. The molecule has 0 amide bonds. The predicted molar refractivity (Wildman–Crippen MR) is 160 cm³/mol. The average Bonchev–Trinajstić information content (AvgIpc) is 2.98. The lowest BCUT2D eigenvalue weighted by atomic mass is 10.3. The number of rotatable bonds is 38. The Morgan fingerprint density at radius 3 is 0.714 bits per heavy atom. The minimum Gasteiger partial charge on any atom is -0.379 e. The van der Waals surface area contributed by atoms with Crippen molar-refractivity contribution in [2.45, 2.75) is 46.1 Å². The van der Waals surface area contributed by atoms with Crippen molar-refractivity contribution in [1.29, 1.82) is 0 Å². The standard InChI is InChI=1S/C30H62O12/c1-4-5-6-7-31-8-9-32-10-11-33-12-13-34-14-15-35-16-17-36-18-19-37-20-21-38-22-23-39-24-25-40-26-27-41-28-29-42-30(2)3/h30H,4-29H2,1-3H3. The van der Waals surface area contributed by atoms with E-state index >= 15 is 0 Å². The van der Waals surface area contributed by atoms with Gasteiger partial charge in [0.1, 0.15) is 0 Å². The van der Waals surface area contributed by atoms with Crippen LogP contribution < -0.4 is 0 Å². The number of ether oxygens (including phenoxy) is 12. The lowest BCUT2D eigenvalue weighted by molar-refractivity contribution is -0.0293. The van der Waals surface area contributed by atoms with E-state index in [0.717, 1.165) is 13.0 Å². The van der Waals surface area contributed by atoms with Gasteiger partial charge in [-0.25, -0.2) is 0 Å². The van der Waals surface area contributed by atoms with Crippen LogP contribution in [-0.2, 0) is 56.8 Å². The molecule has 12 nitrogen and oxygen atoms in total. The van der Waals surface area contributed by atoms with Crippen molar-refractivity contribution in [3.8, 4) is 0 Å². The van der Waals surface area contributed by atoms with Gasteiger partial charge in [0.2, 0.25) is 0 Å². The van der Waals surface area contributed by atoms with E-state index in [1.165, 1.54) is 12.8 Å². The van der Waals surface area contributed by atoms with Crippen LogP contribution in [0.25, 0.3) is 0 Å². The molecule has 0 bridgehead atoms. The van der Waals surface area contributed by atoms with Crippen molar-refractivity contribution in [1.82, 2.24) is 0 Å². The van der Waals surface area contributed by atoms with E-state index < -0.39 is 0 Å². The highest BCUT2D eigenvalue weighted by Gasteiger charge is 1.97. The summed E-state index contributed by atoms with van der Waals surface area (Å²) in [5.74, 6) is 0. The highest BCUT2D eigenvalue weighted by atomic mass is 16.6. The van der Waals surface area contributed by atoms with E-state index in [1.807, 2.05) is 13.8 Å². The van der Waals surface area contributed by atoms with Crippen molar-refractivity contribution >= 4 is 0 Å².